The number of carbonyl (C=O) groups excluding carboxylic acids is 1. The third-order valence-corrected chi connectivity index (χ3v) is 4.57. The molecule has 0 aromatic heterocycles. The zero-order valence-electron chi connectivity index (χ0n) is 13.3. The number of carboxylic acid groups (broad SMARTS) is 1. The Labute approximate surface area is 139 Å². The summed E-state index contributed by atoms with van der Waals surface area (Å²) in [6, 6.07) is 11.8. The summed E-state index contributed by atoms with van der Waals surface area (Å²) in [7, 11) is 0. The minimum absolute atomic E-state index is 0.118. The molecule has 4 nitrogen and oxygen atoms in total. The van der Waals surface area contributed by atoms with E-state index in [4.69, 9.17) is 0 Å². The number of rotatable bonds is 4. The highest BCUT2D eigenvalue weighted by molar-refractivity contribution is 5.94. The highest BCUT2D eigenvalue weighted by Crippen LogP contribution is 2.40. The van der Waals surface area contributed by atoms with Crippen molar-refractivity contribution in [2.45, 2.75) is 26.2 Å². The highest BCUT2D eigenvalue weighted by Gasteiger charge is 2.45. The monoisotopic (exact) mass is 327 g/mol. The summed E-state index contributed by atoms with van der Waals surface area (Å²) in [6.07, 6.45) is 0.566. The molecule has 0 saturated heterocycles. The first-order chi connectivity index (χ1) is 11.4. The average molecular weight is 327 g/mol. The molecule has 0 bridgehead atoms. The van der Waals surface area contributed by atoms with Crippen LogP contribution in [0.3, 0.4) is 0 Å². The molecule has 3 rings (SSSR count). The molecular formula is C19H18FNO3. The molecule has 0 heterocycles. The van der Waals surface area contributed by atoms with Crippen LogP contribution in [0.5, 0.6) is 0 Å². The van der Waals surface area contributed by atoms with Gasteiger partial charge < -0.3 is 10.4 Å². The minimum Gasteiger partial charge on any atom is -0.481 e. The molecule has 124 valence electrons. The van der Waals surface area contributed by atoms with E-state index < -0.39 is 11.4 Å². The van der Waals surface area contributed by atoms with E-state index in [2.05, 4.69) is 5.32 Å². The lowest BCUT2D eigenvalue weighted by atomic mass is 9.81. The first-order valence-corrected chi connectivity index (χ1v) is 7.76. The summed E-state index contributed by atoms with van der Waals surface area (Å²) in [4.78, 5) is 24.2. The van der Waals surface area contributed by atoms with Crippen LogP contribution in [-0.2, 0) is 22.4 Å². The van der Waals surface area contributed by atoms with E-state index in [0.29, 0.717) is 24.1 Å². The van der Waals surface area contributed by atoms with Gasteiger partial charge >= 0.3 is 5.97 Å². The first kappa shape index (κ1) is 16.2. The fourth-order valence-electron chi connectivity index (χ4n) is 3.28. The van der Waals surface area contributed by atoms with Gasteiger partial charge in [0, 0.05) is 12.1 Å². The van der Waals surface area contributed by atoms with Gasteiger partial charge in [-0.25, -0.2) is 4.39 Å². The number of fused-ring (bicyclic) bond motifs is 1. The van der Waals surface area contributed by atoms with Crippen LogP contribution < -0.4 is 5.32 Å². The number of benzene rings is 2. The van der Waals surface area contributed by atoms with Gasteiger partial charge in [-0.1, -0.05) is 24.3 Å². The Hall–Kier alpha value is -2.69. The smallest absolute Gasteiger partial charge is 0.310 e. The molecule has 2 N–H and O–H groups in total. The van der Waals surface area contributed by atoms with Crippen molar-refractivity contribution in [1.29, 1.82) is 0 Å². The third-order valence-electron chi connectivity index (χ3n) is 4.57. The van der Waals surface area contributed by atoms with Gasteiger partial charge in [0.25, 0.3) is 0 Å². The number of hydrogen-bond donors (Lipinski definition) is 2. The summed E-state index contributed by atoms with van der Waals surface area (Å²) in [5, 5.41) is 12.4. The molecule has 1 aliphatic carbocycles. The number of carboxylic acids is 1. The largest absolute Gasteiger partial charge is 0.481 e. The van der Waals surface area contributed by atoms with Gasteiger partial charge in [0.1, 0.15) is 5.82 Å². The highest BCUT2D eigenvalue weighted by atomic mass is 19.1. The van der Waals surface area contributed by atoms with Crippen molar-refractivity contribution < 1.29 is 19.1 Å². The van der Waals surface area contributed by atoms with E-state index in [1.807, 2.05) is 24.3 Å². The van der Waals surface area contributed by atoms with Gasteiger partial charge in [0.15, 0.2) is 0 Å². The number of halogens is 1. The second-order valence-corrected chi connectivity index (χ2v) is 6.40. The number of carbonyl (C=O) groups is 2. The van der Waals surface area contributed by atoms with Crippen LogP contribution >= 0.6 is 0 Å². The summed E-state index contributed by atoms with van der Waals surface area (Å²) >= 11 is 0. The van der Waals surface area contributed by atoms with E-state index in [1.165, 1.54) is 18.2 Å². The van der Waals surface area contributed by atoms with Crippen molar-refractivity contribution in [3.63, 3.8) is 0 Å². The normalized spacial score (nSPS) is 14.9. The first-order valence-electron chi connectivity index (χ1n) is 7.76. The average Bonchev–Trinajstić information content (AvgIpc) is 2.90. The van der Waals surface area contributed by atoms with Crippen molar-refractivity contribution in [1.82, 2.24) is 0 Å². The second-order valence-electron chi connectivity index (χ2n) is 6.40. The van der Waals surface area contributed by atoms with Crippen molar-refractivity contribution in [2.24, 2.45) is 5.41 Å². The van der Waals surface area contributed by atoms with Crippen LogP contribution in [0.15, 0.2) is 42.5 Å². The summed E-state index contributed by atoms with van der Waals surface area (Å²) in [6.45, 7) is 1.61. The maximum absolute atomic E-state index is 13.3. The Kier molecular flexibility index (Phi) is 4.09. The van der Waals surface area contributed by atoms with Gasteiger partial charge in [0.05, 0.1) is 5.41 Å². The molecule has 0 spiro atoms. The SMILES string of the molecule is Cc1cc(NC(=O)CC2(C(=O)O)Cc3ccccc3C2)ccc1F. The summed E-state index contributed by atoms with van der Waals surface area (Å²) < 4.78 is 13.3. The van der Waals surface area contributed by atoms with Crippen molar-refractivity contribution in [3.8, 4) is 0 Å². The van der Waals surface area contributed by atoms with E-state index in [9.17, 15) is 19.1 Å². The van der Waals surface area contributed by atoms with Crippen molar-refractivity contribution in [3.05, 3.63) is 65.0 Å². The van der Waals surface area contributed by atoms with Crippen LogP contribution in [0.4, 0.5) is 10.1 Å². The fourth-order valence-corrected chi connectivity index (χ4v) is 3.28. The van der Waals surface area contributed by atoms with Gasteiger partial charge in [-0.3, -0.25) is 9.59 Å². The number of hydrogen-bond acceptors (Lipinski definition) is 2. The lowest BCUT2D eigenvalue weighted by Gasteiger charge is -2.23. The summed E-state index contributed by atoms with van der Waals surface area (Å²) in [5.74, 6) is -1.69. The Morgan fingerprint density at radius 3 is 2.33 bits per heavy atom. The van der Waals surface area contributed by atoms with Crippen molar-refractivity contribution >= 4 is 17.6 Å². The predicted octanol–water partition coefficient (Wildman–Crippen LogP) is 3.33. The van der Waals surface area contributed by atoms with Crippen LogP contribution in [-0.4, -0.2) is 17.0 Å². The van der Waals surface area contributed by atoms with E-state index in [0.717, 1.165) is 11.1 Å². The van der Waals surface area contributed by atoms with Gasteiger partial charge in [0.2, 0.25) is 5.91 Å². The molecule has 1 aliphatic rings. The lowest BCUT2D eigenvalue weighted by molar-refractivity contribution is -0.150. The van der Waals surface area contributed by atoms with Crippen LogP contribution in [0.25, 0.3) is 0 Å². The van der Waals surface area contributed by atoms with E-state index >= 15 is 0 Å². The molecule has 0 fully saturated rings. The van der Waals surface area contributed by atoms with E-state index in [1.54, 1.807) is 6.92 Å². The molecule has 0 atom stereocenters. The number of nitrogens with one attached hydrogen (secondary N) is 1. The molecule has 0 aliphatic heterocycles. The zero-order chi connectivity index (χ0) is 17.3. The minimum atomic E-state index is -1.12. The van der Waals surface area contributed by atoms with Gasteiger partial charge in [-0.15, -0.1) is 0 Å². The molecule has 2 aromatic carbocycles. The van der Waals surface area contributed by atoms with Gasteiger partial charge in [-0.2, -0.15) is 0 Å². The standard InChI is InChI=1S/C19H18FNO3/c1-12-8-15(6-7-16(12)20)21-17(22)11-19(18(23)24)9-13-4-2-3-5-14(13)10-19/h2-8H,9-11H2,1H3,(H,21,22)(H,23,24). The number of aliphatic carboxylic acids is 1. The topological polar surface area (TPSA) is 66.4 Å². The van der Waals surface area contributed by atoms with Crippen LogP contribution in [0, 0.1) is 18.2 Å². The number of anilines is 1. The number of aryl methyl sites for hydroxylation is 1. The molecule has 5 heteroatoms. The molecule has 2 aromatic rings. The lowest BCUT2D eigenvalue weighted by Crippen LogP contribution is -2.36. The Bertz CT molecular complexity index is 791. The quantitative estimate of drug-likeness (QED) is 0.905. The molecule has 0 saturated carbocycles. The Morgan fingerprint density at radius 2 is 1.79 bits per heavy atom. The Morgan fingerprint density at radius 1 is 1.17 bits per heavy atom. The fraction of sp³-hybridized carbons (Fsp3) is 0.263. The van der Waals surface area contributed by atoms with Crippen LogP contribution in [0.1, 0.15) is 23.1 Å². The Balaban J connectivity index is 1.76. The molecule has 1 amide bonds. The van der Waals surface area contributed by atoms with Crippen molar-refractivity contribution in [2.75, 3.05) is 5.32 Å². The molecular weight excluding hydrogens is 309 g/mol. The summed E-state index contributed by atoms with van der Waals surface area (Å²) in [5.41, 5.74) is 1.72. The molecule has 0 unspecified atom stereocenters. The van der Waals surface area contributed by atoms with Crippen LogP contribution in [0.2, 0.25) is 0 Å². The second kappa shape index (κ2) is 6.07. The number of amides is 1. The predicted molar refractivity (Wildman–Crippen MR) is 88.3 cm³/mol. The van der Waals surface area contributed by atoms with E-state index in [-0.39, 0.29) is 18.1 Å². The zero-order valence-corrected chi connectivity index (χ0v) is 13.3. The molecule has 24 heavy (non-hydrogen) atoms. The third kappa shape index (κ3) is 3.02. The van der Waals surface area contributed by atoms with Gasteiger partial charge in [-0.05, 0) is 54.7 Å². The maximum atomic E-state index is 13.3. The molecule has 0 radical (unpaired) electrons. The maximum Gasteiger partial charge on any atom is 0.310 e.